The number of rotatable bonds is 4. The topological polar surface area (TPSA) is 51.6 Å². The van der Waals surface area contributed by atoms with Crippen molar-refractivity contribution >= 4 is 10.8 Å². The molecule has 1 saturated carbocycles. The molecule has 0 radical (unpaired) electrons. The van der Waals surface area contributed by atoms with Crippen molar-refractivity contribution in [2.75, 3.05) is 13.7 Å². The van der Waals surface area contributed by atoms with Gasteiger partial charge >= 0.3 is 0 Å². The predicted octanol–water partition coefficient (Wildman–Crippen LogP) is 3.17. The minimum atomic E-state index is 0.202. The third kappa shape index (κ3) is 3.10. The van der Waals surface area contributed by atoms with E-state index in [1.54, 1.807) is 13.3 Å². The van der Waals surface area contributed by atoms with Gasteiger partial charge in [0.15, 0.2) is 0 Å². The molecule has 1 heterocycles. The highest BCUT2D eigenvalue weighted by Crippen LogP contribution is 2.31. The van der Waals surface area contributed by atoms with Crippen molar-refractivity contribution in [2.45, 2.75) is 31.8 Å². The van der Waals surface area contributed by atoms with E-state index in [-0.39, 0.29) is 6.10 Å². The fourth-order valence-corrected chi connectivity index (χ4v) is 2.94. The predicted molar refractivity (Wildman–Crippen MR) is 81.8 cm³/mol. The molecule has 1 aliphatic rings. The van der Waals surface area contributed by atoms with Crippen LogP contribution in [0.3, 0.4) is 0 Å². The first-order valence-electron chi connectivity index (χ1n) is 7.50. The summed E-state index contributed by atoms with van der Waals surface area (Å²) in [4.78, 5) is 4.38. The summed E-state index contributed by atoms with van der Waals surface area (Å²) in [5.74, 6) is 1.97. The first kappa shape index (κ1) is 14.1. The van der Waals surface area contributed by atoms with Gasteiger partial charge in [-0.05, 0) is 61.3 Å². The molecule has 1 aromatic carbocycles. The van der Waals surface area contributed by atoms with Crippen LogP contribution >= 0.6 is 0 Å². The molecular formula is C17H21NO3. The van der Waals surface area contributed by atoms with E-state index in [2.05, 4.69) is 4.98 Å². The van der Waals surface area contributed by atoms with Crippen molar-refractivity contribution in [2.24, 2.45) is 5.92 Å². The number of pyridine rings is 1. The molecule has 4 nitrogen and oxygen atoms in total. The lowest BCUT2D eigenvalue weighted by Gasteiger charge is -2.27. The van der Waals surface area contributed by atoms with Crippen LogP contribution in [0, 0.1) is 5.92 Å². The highest BCUT2D eigenvalue weighted by Gasteiger charge is 2.22. The highest BCUT2D eigenvalue weighted by atomic mass is 16.5. The maximum atomic E-state index is 9.19. The summed E-state index contributed by atoms with van der Waals surface area (Å²) in [6.07, 6.45) is 6.00. The van der Waals surface area contributed by atoms with Crippen molar-refractivity contribution < 1.29 is 14.6 Å². The highest BCUT2D eigenvalue weighted by molar-refractivity contribution is 5.87. The second-order valence-corrected chi connectivity index (χ2v) is 5.65. The zero-order chi connectivity index (χ0) is 14.7. The fraction of sp³-hybridized carbons (Fsp3) is 0.471. The van der Waals surface area contributed by atoms with Crippen molar-refractivity contribution in [1.29, 1.82) is 0 Å². The Morgan fingerprint density at radius 1 is 1.19 bits per heavy atom. The van der Waals surface area contributed by atoms with Crippen LogP contribution in [0.5, 0.6) is 11.6 Å². The largest absolute Gasteiger partial charge is 0.497 e. The van der Waals surface area contributed by atoms with Crippen molar-refractivity contribution in [3.63, 3.8) is 0 Å². The first-order valence-corrected chi connectivity index (χ1v) is 7.50. The van der Waals surface area contributed by atoms with Gasteiger partial charge in [0.1, 0.15) is 11.9 Å². The molecule has 2 aromatic rings. The van der Waals surface area contributed by atoms with Gasteiger partial charge in [-0.2, -0.15) is 0 Å². The molecule has 1 aliphatic carbocycles. The van der Waals surface area contributed by atoms with Gasteiger partial charge in [-0.25, -0.2) is 4.98 Å². The van der Waals surface area contributed by atoms with Crippen LogP contribution in [0.15, 0.2) is 30.5 Å². The Labute approximate surface area is 124 Å². The van der Waals surface area contributed by atoms with Crippen molar-refractivity contribution in [3.05, 3.63) is 30.5 Å². The van der Waals surface area contributed by atoms with Gasteiger partial charge in [0.2, 0.25) is 5.88 Å². The molecule has 0 bridgehead atoms. The minimum absolute atomic E-state index is 0.202. The van der Waals surface area contributed by atoms with Crippen LogP contribution in [0.2, 0.25) is 0 Å². The van der Waals surface area contributed by atoms with Gasteiger partial charge in [-0.3, -0.25) is 0 Å². The van der Waals surface area contributed by atoms with E-state index in [0.717, 1.165) is 42.2 Å². The van der Waals surface area contributed by atoms with Crippen LogP contribution in [0.1, 0.15) is 25.7 Å². The normalized spacial score (nSPS) is 22.2. The number of methoxy groups -OCH3 is 1. The van der Waals surface area contributed by atoms with Gasteiger partial charge in [-0.1, -0.05) is 0 Å². The van der Waals surface area contributed by atoms with E-state index in [0.29, 0.717) is 18.4 Å². The quantitative estimate of drug-likeness (QED) is 0.938. The number of benzene rings is 1. The number of ether oxygens (including phenoxy) is 2. The zero-order valence-electron chi connectivity index (χ0n) is 12.3. The SMILES string of the molecule is COc1ccc2c(OC3CCC(CO)CC3)nccc2c1. The Balaban J connectivity index is 1.78. The third-order valence-electron chi connectivity index (χ3n) is 4.27. The van der Waals surface area contributed by atoms with Crippen LogP contribution in [-0.2, 0) is 0 Å². The lowest BCUT2D eigenvalue weighted by Crippen LogP contribution is -2.25. The molecule has 0 saturated heterocycles. The number of hydrogen-bond acceptors (Lipinski definition) is 4. The lowest BCUT2D eigenvalue weighted by atomic mass is 9.88. The summed E-state index contributed by atoms with van der Waals surface area (Å²) >= 11 is 0. The molecule has 1 aromatic heterocycles. The maximum absolute atomic E-state index is 9.19. The average Bonchev–Trinajstić information content (AvgIpc) is 2.55. The molecule has 112 valence electrons. The van der Waals surface area contributed by atoms with Gasteiger partial charge < -0.3 is 14.6 Å². The summed E-state index contributed by atoms with van der Waals surface area (Å²) < 4.78 is 11.4. The molecule has 3 rings (SSSR count). The van der Waals surface area contributed by atoms with Crippen LogP contribution in [0.4, 0.5) is 0 Å². The van der Waals surface area contributed by atoms with Crippen LogP contribution in [0.25, 0.3) is 10.8 Å². The molecular weight excluding hydrogens is 266 g/mol. The van der Waals surface area contributed by atoms with Crippen LogP contribution < -0.4 is 9.47 Å². The molecule has 0 unspecified atom stereocenters. The lowest BCUT2D eigenvalue weighted by molar-refractivity contribution is 0.102. The van der Waals surface area contributed by atoms with E-state index < -0.39 is 0 Å². The smallest absolute Gasteiger partial charge is 0.221 e. The van der Waals surface area contributed by atoms with Gasteiger partial charge in [0, 0.05) is 18.2 Å². The molecule has 21 heavy (non-hydrogen) atoms. The molecule has 1 N–H and O–H groups in total. The number of aliphatic hydroxyl groups is 1. The third-order valence-corrected chi connectivity index (χ3v) is 4.27. The summed E-state index contributed by atoms with van der Waals surface area (Å²) in [5.41, 5.74) is 0. The molecule has 0 spiro atoms. The van der Waals surface area contributed by atoms with E-state index in [1.807, 2.05) is 24.3 Å². The second-order valence-electron chi connectivity index (χ2n) is 5.65. The molecule has 1 fully saturated rings. The molecule has 0 aliphatic heterocycles. The van der Waals surface area contributed by atoms with E-state index in [9.17, 15) is 5.11 Å². The average molecular weight is 287 g/mol. The van der Waals surface area contributed by atoms with Crippen molar-refractivity contribution in [3.8, 4) is 11.6 Å². The first-order chi connectivity index (χ1) is 10.3. The summed E-state index contributed by atoms with van der Waals surface area (Å²) in [5, 5.41) is 11.3. The standard InChI is InChI=1S/C17H21NO3/c1-20-15-6-7-16-13(10-15)8-9-18-17(16)21-14-4-2-12(11-19)3-5-14/h6-10,12,14,19H,2-5,11H2,1H3. The summed E-state index contributed by atoms with van der Waals surface area (Å²) in [6.45, 7) is 0.291. The Hall–Kier alpha value is -1.81. The van der Waals surface area contributed by atoms with Gasteiger partial charge in [0.25, 0.3) is 0 Å². The molecule has 4 heteroatoms. The number of aromatic nitrogens is 1. The number of aliphatic hydroxyl groups excluding tert-OH is 1. The maximum Gasteiger partial charge on any atom is 0.221 e. The molecule has 0 atom stereocenters. The summed E-state index contributed by atoms with van der Waals surface area (Å²) in [7, 11) is 1.67. The Kier molecular flexibility index (Phi) is 4.25. The number of nitrogens with zero attached hydrogens (tertiary/aromatic N) is 1. The number of hydrogen-bond donors (Lipinski definition) is 1. The zero-order valence-corrected chi connectivity index (χ0v) is 12.3. The van der Waals surface area contributed by atoms with Crippen molar-refractivity contribution in [1.82, 2.24) is 4.98 Å². The van der Waals surface area contributed by atoms with Crippen LogP contribution in [-0.4, -0.2) is 29.9 Å². The van der Waals surface area contributed by atoms with E-state index >= 15 is 0 Å². The van der Waals surface area contributed by atoms with E-state index in [4.69, 9.17) is 9.47 Å². The van der Waals surface area contributed by atoms with Gasteiger partial charge in [0.05, 0.1) is 7.11 Å². The Morgan fingerprint density at radius 3 is 2.71 bits per heavy atom. The second kappa shape index (κ2) is 6.31. The summed E-state index contributed by atoms with van der Waals surface area (Å²) in [6, 6.07) is 7.88. The minimum Gasteiger partial charge on any atom is -0.497 e. The Morgan fingerprint density at radius 2 is 2.00 bits per heavy atom. The monoisotopic (exact) mass is 287 g/mol. The molecule has 0 amide bonds. The Bertz CT molecular complexity index is 606. The van der Waals surface area contributed by atoms with Gasteiger partial charge in [-0.15, -0.1) is 0 Å². The van der Waals surface area contributed by atoms with E-state index in [1.165, 1.54) is 0 Å². The fourth-order valence-electron chi connectivity index (χ4n) is 2.94. The number of fused-ring (bicyclic) bond motifs is 1.